The number of anilines is 6. The molecule has 1 heterocycles. The van der Waals surface area contributed by atoms with Crippen molar-refractivity contribution in [3.8, 4) is 0 Å². The molecule has 0 unspecified atom stereocenters. The van der Waals surface area contributed by atoms with Crippen LogP contribution < -0.4 is 26.7 Å². The second-order valence-corrected chi connectivity index (χ2v) is 7.92. The van der Waals surface area contributed by atoms with Crippen LogP contribution in [0.15, 0.2) is 109 Å². The molecule has 6 heteroatoms. The molecule has 6 N–H and O–H groups in total. The average molecular weight is 447 g/mol. The van der Waals surface area contributed by atoms with Gasteiger partial charge in [-0.3, -0.25) is 4.79 Å². The molecule has 0 spiro atoms. The van der Waals surface area contributed by atoms with Gasteiger partial charge in [-0.2, -0.15) is 0 Å². The van der Waals surface area contributed by atoms with Crippen LogP contribution in [0.25, 0.3) is 10.9 Å². The maximum absolute atomic E-state index is 12.8. The van der Waals surface area contributed by atoms with Gasteiger partial charge in [-0.1, -0.05) is 24.3 Å². The second kappa shape index (κ2) is 9.34. The first-order chi connectivity index (χ1) is 16.6. The Morgan fingerprint density at radius 2 is 1.41 bits per heavy atom. The van der Waals surface area contributed by atoms with Crippen molar-refractivity contribution in [1.82, 2.24) is 0 Å². The summed E-state index contributed by atoms with van der Waals surface area (Å²) in [4.78, 5) is 16.0. The summed E-state index contributed by atoms with van der Waals surface area (Å²) in [6.45, 7) is 0. The number of benzene rings is 4. The van der Waals surface area contributed by atoms with Crippen LogP contribution in [-0.2, 0) is 0 Å². The smallest absolute Gasteiger partial charge is 0.255 e. The van der Waals surface area contributed by atoms with E-state index in [-0.39, 0.29) is 5.91 Å². The molecule has 0 radical (unpaired) electrons. The predicted molar refractivity (Wildman–Crippen MR) is 139 cm³/mol. The van der Waals surface area contributed by atoms with Gasteiger partial charge in [0.05, 0.1) is 11.1 Å². The van der Waals surface area contributed by atoms with Crippen LogP contribution in [0.2, 0.25) is 0 Å². The molecular weight excluding hydrogens is 422 g/mol. The summed E-state index contributed by atoms with van der Waals surface area (Å²) in [5.74, 6) is -0.169. The van der Waals surface area contributed by atoms with Crippen LogP contribution in [-0.4, -0.2) is 5.91 Å². The van der Waals surface area contributed by atoms with E-state index in [9.17, 15) is 4.79 Å². The SMILES string of the molecule is Nc1ccc2[nH+]ccc(Nc3ccc(NC(=O)c4cccc(Nc5ccccc5)c4)cc3)c2c1. The molecule has 0 aliphatic rings. The van der Waals surface area contributed by atoms with E-state index >= 15 is 0 Å². The lowest BCUT2D eigenvalue weighted by Crippen LogP contribution is -2.12. The van der Waals surface area contributed by atoms with Crippen LogP contribution in [0.1, 0.15) is 10.4 Å². The molecule has 6 nitrogen and oxygen atoms in total. The van der Waals surface area contributed by atoms with E-state index in [0.717, 1.165) is 33.7 Å². The third-order valence-corrected chi connectivity index (χ3v) is 5.43. The van der Waals surface area contributed by atoms with Crippen molar-refractivity contribution < 1.29 is 9.78 Å². The van der Waals surface area contributed by atoms with Gasteiger partial charge in [0.25, 0.3) is 5.91 Å². The Kier molecular flexibility index (Phi) is 5.78. The standard InChI is InChI=1S/C28H23N5O/c29-20-9-14-26-25(18-20)27(15-16-30-26)32-22-10-12-23(13-11-22)33-28(34)19-5-4-8-24(17-19)31-21-6-2-1-3-7-21/h1-18,31H,29H2,(H,30,32)(H,33,34)/p+1. The topological polar surface area (TPSA) is 93.3 Å². The molecule has 0 fully saturated rings. The van der Waals surface area contributed by atoms with E-state index in [0.29, 0.717) is 16.9 Å². The quantitative estimate of drug-likeness (QED) is 0.242. The number of nitrogen functional groups attached to an aromatic ring is 1. The predicted octanol–water partition coefficient (Wildman–Crippen LogP) is 5.98. The Bertz CT molecular complexity index is 1450. The first-order valence-electron chi connectivity index (χ1n) is 10.9. The van der Waals surface area contributed by atoms with E-state index in [1.807, 2.05) is 103 Å². The van der Waals surface area contributed by atoms with Crippen molar-refractivity contribution in [2.24, 2.45) is 0 Å². The van der Waals surface area contributed by atoms with Gasteiger partial charge in [-0.05, 0) is 66.7 Å². The van der Waals surface area contributed by atoms with E-state index in [4.69, 9.17) is 5.73 Å². The monoisotopic (exact) mass is 446 g/mol. The molecule has 34 heavy (non-hydrogen) atoms. The van der Waals surface area contributed by atoms with Gasteiger partial charge < -0.3 is 21.7 Å². The maximum atomic E-state index is 12.8. The third-order valence-electron chi connectivity index (χ3n) is 5.43. The molecule has 0 atom stereocenters. The Morgan fingerprint density at radius 3 is 2.24 bits per heavy atom. The Balaban J connectivity index is 1.27. The highest BCUT2D eigenvalue weighted by Crippen LogP contribution is 2.26. The zero-order valence-corrected chi connectivity index (χ0v) is 18.4. The number of hydrogen-bond acceptors (Lipinski definition) is 4. The lowest BCUT2D eigenvalue weighted by molar-refractivity contribution is -0.344. The number of carbonyl (C=O) groups excluding carboxylic acids is 1. The van der Waals surface area contributed by atoms with Crippen LogP contribution in [0.5, 0.6) is 0 Å². The second-order valence-electron chi connectivity index (χ2n) is 7.92. The summed E-state index contributed by atoms with van der Waals surface area (Å²) in [5.41, 5.74) is 12.6. The Labute approximate surface area is 197 Å². The van der Waals surface area contributed by atoms with E-state index in [2.05, 4.69) is 20.9 Å². The highest BCUT2D eigenvalue weighted by molar-refractivity contribution is 6.05. The van der Waals surface area contributed by atoms with E-state index in [1.165, 1.54) is 0 Å². The van der Waals surface area contributed by atoms with Crippen LogP contribution >= 0.6 is 0 Å². The normalized spacial score (nSPS) is 10.6. The number of rotatable bonds is 6. The molecule has 0 aliphatic heterocycles. The van der Waals surface area contributed by atoms with Gasteiger partial charge >= 0.3 is 0 Å². The zero-order chi connectivity index (χ0) is 23.3. The molecule has 4 aromatic carbocycles. The number of hydrogen-bond donors (Lipinski definition) is 4. The molecule has 0 aliphatic carbocycles. The number of para-hydroxylation sites is 1. The summed E-state index contributed by atoms with van der Waals surface area (Å²) in [7, 11) is 0. The minimum Gasteiger partial charge on any atom is -0.399 e. The number of nitrogens with two attached hydrogens (primary N) is 1. The number of amides is 1. The molecule has 0 saturated carbocycles. The molecule has 0 saturated heterocycles. The van der Waals surface area contributed by atoms with Crippen molar-refractivity contribution >= 4 is 50.9 Å². The highest BCUT2D eigenvalue weighted by Gasteiger charge is 2.09. The first kappa shape index (κ1) is 21.0. The van der Waals surface area contributed by atoms with Crippen LogP contribution in [0.4, 0.5) is 34.1 Å². The van der Waals surface area contributed by atoms with E-state index < -0.39 is 0 Å². The van der Waals surface area contributed by atoms with Crippen molar-refractivity contribution in [2.75, 3.05) is 21.7 Å². The lowest BCUT2D eigenvalue weighted by Gasteiger charge is -2.11. The molecule has 1 aromatic heterocycles. The lowest BCUT2D eigenvalue weighted by atomic mass is 10.1. The zero-order valence-electron chi connectivity index (χ0n) is 18.4. The number of H-pyrrole nitrogens is 1. The molecular formula is C28H24N5O+. The largest absolute Gasteiger partial charge is 0.399 e. The minimum atomic E-state index is -0.169. The number of carbonyl (C=O) groups is 1. The fourth-order valence-corrected chi connectivity index (χ4v) is 3.75. The first-order valence-corrected chi connectivity index (χ1v) is 10.9. The summed E-state index contributed by atoms with van der Waals surface area (Å²) >= 11 is 0. The Morgan fingerprint density at radius 1 is 0.676 bits per heavy atom. The van der Waals surface area contributed by atoms with Crippen molar-refractivity contribution in [1.29, 1.82) is 0 Å². The summed E-state index contributed by atoms with van der Waals surface area (Å²) in [6.07, 6.45) is 1.89. The average Bonchev–Trinajstić information content (AvgIpc) is 2.86. The summed E-state index contributed by atoms with van der Waals surface area (Å²) < 4.78 is 0. The van der Waals surface area contributed by atoms with Gasteiger partial charge in [0.15, 0.2) is 6.20 Å². The molecule has 1 amide bonds. The molecule has 166 valence electrons. The van der Waals surface area contributed by atoms with Crippen molar-refractivity contribution in [2.45, 2.75) is 0 Å². The number of pyridine rings is 1. The molecule has 5 aromatic rings. The number of nitrogens with one attached hydrogen (secondary N) is 4. The fourth-order valence-electron chi connectivity index (χ4n) is 3.75. The van der Waals surface area contributed by atoms with Gasteiger partial charge in [-0.15, -0.1) is 0 Å². The summed E-state index contributed by atoms with van der Waals surface area (Å²) in [6, 6.07) is 32.6. The van der Waals surface area contributed by atoms with Gasteiger partial charge in [-0.25, -0.2) is 4.98 Å². The van der Waals surface area contributed by atoms with Crippen molar-refractivity contribution in [3.05, 3.63) is 115 Å². The van der Waals surface area contributed by atoms with Gasteiger partial charge in [0.1, 0.15) is 0 Å². The van der Waals surface area contributed by atoms with Gasteiger partial charge in [0, 0.05) is 46.1 Å². The van der Waals surface area contributed by atoms with Crippen molar-refractivity contribution in [3.63, 3.8) is 0 Å². The van der Waals surface area contributed by atoms with Gasteiger partial charge in [0.2, 0.25) is 5.52 Å². The number of aromatic amines is 1. The number of aromatic nitrogens is 1. The maximum Gasteiger partial charge on any atom is 0.255 e. The van der Waals surface area contributed by atoms with E-state index in [1.54, 1.807) is 6.07 Å². The van der Waals surface area contributed by atoms with Crippen LogP contribution in [0.3, 0.4) is 0 Å². The third kappa shape index (κ3) is 4.81. The molecule has 0 bridgehead atoms. The highest BCUT2D eigenvalue weighted by atomic mass is 16.1. The number of fused-ring (bicyclic) bond motifs is 1. The Hall–Kier alpha value is -4.84. The fraction of sp³-hybridized carbons (Fsp3) is 0. The summed E-state index contributed by atoms with van der Waals surface area (Å²) in [5, 5.41) is 10.7. The minimum absolute atomic E-state index is 0.169. The van der Waals surface area contributed by atoms with Crippen LogP contribution in [0, 0.1) is 0 Å². The molecule has 5 rings (SSSR count).